The van der Waals surface area contributed by atoms with Gasteiger partial charge in [-0.2, -0.15) is 0 Å². The molecule has 1 aromatic rings. The van der Waals surface area contributed by atoms with Crippen LogP contribution in [0.5, 0.6) is 5.75 Å². The van der Waals surface area contributed by atoms with Crippen molar-refractivity contribution in [3.05, 3.63) is 23.0 Å². The van der Waals surface area contributed by atoms with Gasteiger partial charge in [-0.1, -0.05) is 11.6 Å². The van der Waals surface area contributed by atoms with Crippen molar-refractivity contribution in [2.75, 3.05) is 5.32 Å². The van der Waals surface area contributed by atoms with Crippen molar-refractivity contribution >= 4 is 23.3 Å². The molecule has 4 nitrogen and oxygen atoms in total. The first-order valence-electron chi connectivity index (χ1n) is 4.65. The number of amides is 2. The van der Waals surface area contributed by atoms with E-state index in [0.29, 0.717) is 0 Å². The summed E-state index contributed by atoms with van der Waals surface area (Å²) in [5, 5.41) is 13.9. The Morgan fingerprint density at radius 3 is 2.69 bits per heavy atom. The lowest BCUT2D eigenvalue weighted by Gasteiger charge is -2.11. The van der Waals surface area contributed by atoms with Crippen LogP contribution in [-0.4, -0.2) is 17.2 Å². The maximum absolute atomic E-state index is 13.3. The number of nitrogens with one attached hydrogen (secondary N) is 2. The molecule has 3 N–H and O–H groups in total. The summed E-state index contributed by atoms with van der Waals surface area (Å²) in [5.74, 6) is -1.12. The van der Waals surface area contributed by atoms with E-state index in [1.807, 2.05) is 0 Å². The third-order valence-corrected chi connectivity index (χ3v) is 2.01. The fourth-order valence-electron chi connectivity index (χ4n) is 1.05. The number of phenols is 1. The smallest absolute Gasteiger partial charge is 0.319 e. The second kappa shape index (κ2) is 5.03. The molecule has 0 saturated carbocycles. The van der Waals surface area contributed by atoms with E-state index in [9.17, 15) is 9.18 Å². The number of hydrogen-bond donors (Lipinski definition) is 3. The van der Waals surface area contributed by atoms with Gasteiger partial charge in [-0.25, -0.2) is 9.18 Å². The van der Waals surface area contributed by atoms with Crippen LogP contribution in [0.15, 0.2) is 12.1 Å². The van der Waals surface area contributed by atoms with Crippen molar-refractivity contribution in [1.29, 1.82) is 0 Å². The Balaban J connectivity index is 2.81. The van der Waals surface area contributed by atoms with Gasteiger partial charge in [0.05, 0.1) is 10.7 Å². The van der Waals surface area contributed by atoms with Gasteiger partial charge in [-0.15, -0.1) is 0 Å². The lowest BCUT2D eigenvalue weighted by atomic mass is 10.3. The number of carbonyl (C=O) groups is 1. The number of aromatic hydroxyl groups is 1. The van der Waals surface area contributed by atoms with Crippen LogP contribution in [-0.2, 0) is 0 Å². The van der Waals surface area contributed by atoms with E-state index in [0.717, 1.165) is 12.1 Å². The number of rotatable bonds is 2. The highest BCUT2D eigenvalue weighted by atomic mass is 35.5. The third kappa shape index (κ3) is 3.27. The van der Waals surface area contributed by atoms with Crippen LogP contribution in [0, 0.1) is 5.82 Å². The quantitative estimate of drug-likeness (QED) is 0.703. The minimum atomic E-state index is -0.749. The van der Waals surface area contributed by atoms with Crippen molar-refractivity contribution in [1.82, 2.24) is 5.32 Å². The molecule has 6 heteroatoms. The molecule has 1 rings (SSSR count). The molecule has 0 unspecified atom stereocenters. The lowest BCUT2D eigenvalue weighted by molar-refractivity contribution is 0.250. The molecule has 0 radical (unpaired) electrons. The Bertz CT molecular complexity index is 410. The molecule has 0 bridgehead atoms. The number of phenolic OH excluding ortho intramolecular Hbond substituents is 1. The summed E-state index contributed by atoms with van der Waals surface area (Å²) in [6, 6.07) is 1.39. The molecule has 2 amide bonds. The van der Waals surface area contributed by atoms with Crippen LogP contribution in [0.3, 0.4) is 0 Å². The summed E-state index contributed by atoms with van der Waals surface area (Å²) in [4.78, 5) is 11.3. The Hall–Kier alpha value is -1.49. The molecule has 16 heavy (non-hydrogen) atoms. The van der Waals surface area contributed by atoms with E-state index in [4.69, 9.17) is 16.7 Å². The molecular weight excluding hydrogens is 235 g/mol. The maximum atomic E-state index is 13.3. The molecule has 0 aromatic heterocycles. The maximum Gasteiger partial charge on any atom is 0.319 e. The van der Waals surface area contributed by atoms with Gasteiger partial charge in [0.1, 0.15) is 5.75 Å². The van der Waals surface area contributed by atoms with Crippen LogP contribution >= 0.6 is 11.6 Å². The number of hydrogen-bond acceptors (Lipinski definition) is 2. The zero-order valence-corrected chi connectivity index (χ0v) is 9.60. The van der Waals surface area contributed by atoms with Gasteiger partial charge in [-0.05, 0) is 19.9 Å². The highest BCUT2D eigenvalue weighted by Crippen LogP contribution is 2.28. The molecule has 0 heterocycles. The highest BCUT2D eigenvalue weighted by Gasteiger charge is 2.11. The fraction of sp³-hybridized carbons (Fsp3) is 0.300. The first-order chi connectivity index (χ1) is 7.40. The van der Waals surface area contributed by atoms with Gasteiger partial charge >= 0.3 is 6.03 Å². The van der Waals surface area contributed by atoms with E-state index in [1.165, 1.54) is 0 Å². The average Bonchev–Trinajstić information content (AvgIpc) is 2.12. The molecule has 0 aliphatic heterocycles. The standard InChI is InChI=1S/C10H12ClFN2O2/c1-5(2)13-10(16)14-8-3-6(11)9(15)4-7(8)12/h3-5,15H,1-2H3,(H2,13,14,16). The molecule has 1 aromatic carbocycles. The molecule has 0 saturated heterocycles. The Kier molecular flexibility index (Phi) is 3.95. The third-order valence-electron chi connectivity index (χ3n) is 1.70. The van der Waals surface area contributed by atoms with Crippen molar-refractivity contribution in [2.45, 2.75) is 19.9 Å². The van der Waals surface area contributed by atoms with Crippen LogP contribution < -0.4 is 10.6 Å². The predicted octanol–water partition coefficient (Wildman–Crippen LogP) is 2.71. The Morgan fingerprint density at radius 1 is 1.50 bits per heavy atom. The average molecular weight is 247 g/mol. The first-order valence-corrected chi connectivity index (χ1v) is 5.03. The van der Waals surface area contributed by atoms with Gasteiger partial charge in [0, 0.05) is 12.1 Å². The van der Waals surface area contributed by atoms with Gasteiger partial charge in [-0.3, -0.25) is 0 Å². The number of benzene rings is 1. The summed E-state index contributed by atoms with van der Waals surface area (Å²) < 4.78 is 13.3. The highest BCUT2D eigenvalue weighted by molar-refractivity contribution is 6.32. The summed E-state index contributed by atoms with van der Waals surface area (Å²) in [6.07, 6.45) is 0. The molecule has 0 spiro atoms. The summed E-state index contributed by atoms with van der Waals surface area (Å²) in [5.41, 5.74) is -0.0825. The van der Waals surface area contributed by atoms with Crippen molar-refractivity contribution in [2.24, 2.45) is 0 Å². The van der Waals surface area contributed by atoms with Crippen LogP contribution in [0.1, 0.15) is 13.8 Å². The molecule has 0 aliphatic rings. The van der Waals surface area contributed by atoms with Gasteiger partial charge in [0.25, 0.3) is 0 Å². The summed E-state index contributed by atoms with van der Waals surface area (Å²) in [6.45, 7) is 3.56. The Morgan fingerprint density at radius 2 is 2.12 bits per heavy atom. The van der Waals surface area contributed by atoms with Crippen molar-refractivity contribution in [3.8, 4) is 5.75 Å². The van der Waals surface area contributed by atoms with E-state index in [-0.39, 0.29) is 22.5 Å². The molecule has 0 fully saturated rings. The van der Waals surface area contributed by atoms with Crippen LogP contribution in [0.2, 0.25) is 5.02 Å². The molecule has 0 atom stereocenters. The summed E-state index contributed by atoms with van der Waals surface area (Å²) in [7, 11) is 0. The van der Waals surface area contributed by atoms with E-state index < -0.39 is 11.8 Å². The second-order valence-electron chi connectivity index (χ2n) is 3.54. The SMILES string of the molecule is CC(C)NC(=O)Nc1cc(Cl)c(O)cc1F. The zero-order valence-electron chi connectivity index (χ0n) is 8.84. The van der Waals surface area contributed by atoms with E-state index >= 15 is 0 Å². The number of urea groups is 1. The van der Waals surface area contributed by atoms with Crippen LogP contribution in [0.4, 0.5) is 14.9 Å². The van der Waals surface area contributed by atoms with Gasteiger partial charge < -0.3 is 15.7 Å². The second-order valence-corrected chi connectivity index (χ2v) is 3.94. The van der Waals surface area contributed by atoms with Crippen molar-refractivity contribution < 1.29 is 14.3 Å². The van der Waals surface area contributed by atoms with E-state index in [2.05, 4.69) is 10.6 Å². The fourth-order valence-corrected chi connectivity index (χ4v) is 1.22. The predicted molar refractivity (Wildman–Crippen MR) is 60.4 cm³/mol. The van der Waals surface area contributed by atoms with Gasteiger partial charge in [0.2, 0.25) is 0 Å². The zero-order chi connectivity index (χ0) is 12.3. The van der Waals surface area contributed by atoms with Gasteiger partial charge in [0.15, 0.2) is 5.82 Å². The first kappa shape index (κ1) is 12.6. The largest absolute Gasteiger partial charge is 0.506 e. The minimum absolute atomic E-state index is 0.0266. The lowest BCUT2D eigenvalue weighted by Crippen LogP contribution is -2.34. The Labute approximate surface area is 97.4 Å². The van der Waals surface area contributed by atoms with Crippen molar-refractivity contribution in [3.63, 3.8) is 0 Å². The normalized spacial score (nSPS) is 10.3. The molecular formula is C10H12ClFN2O2. The summed E-state index contributed by atoms with van der Waals surface area (Å²) >= 11 is 5.59. The monoisotopic (exact) mass is 246 g/mol. The number of carbonyl (C=O) groups excluding carboxylic acids is 1. The molecule has 0 aliphatic carbocycles. The van der Waals surface area contributed by atoms with Crippen LogP contribution in [0.25, 0.3) is 0 Å². The number of halogens is 2. The van der Waals surface area contributed by atoms with E-state index in [1.54, 1.807) is 13.8 Å². The molecule has 88 valence electrons. The number of anilines is 1. The minimum Gasteiger partial charge on any atom is -0.506 e. The topological polar surface area (TPSA) is 61.4 Å².